The molecule has 1 N–H and O–H groups in total. The molecule has 0 aliphatic rings. The fraction of sp³-hybridized carbons (Fsp3) is 0.304. The molecule has 0 aliphatic carbocycles. The van der Waals surface area contributed by atoms with Gasteiger partial charge in [0.25, 0.3) is 5.91 Å². The maximum absolute atomic E-state index is 12.1. The molecule has 0 unspecified atom stereocenters. The van der Waals surface area contributed by atoms with Crippen molar-refractivity contribution in [2.75, 3.05) is 13.2 Å². The molecule has 1 aromatic heterocycles. The predicted octanol–water partition coefficient (Wildman–Crippen LogP) is 4.78. The molecule has 28 heavy (non-hydrogen) atoms. The summed E-state index contributed by atoms with van der Waals surface area (Å²) in [4.78, 5) is 16.6. The van der Waals surface area contributed by atoms with Gasteiger partial charge in [-0.25, -0.2) is 4.98 Å². The average molecular weight is 395 g/mol. The summed E-state index contributed by atoms with van der Waals surface area (Å²) in [5, 5.41) is 6.07. The number of aryl methyl sites for hydroxylation is 3. The number of hydrogen-bond acceptors (Lipinski definition) is 4. The number of nitrogens with one attached hydrogen (secondary N) is 1. The minimum absolute atomic E-state index is 0.0350. The van der Waals surface area contributed by atoms with Gasteiger partial charge in [0.1, 0.15) is 5.75 Å². The third kappa shape index (κ3) is 4.98. The molecule has 1 heterocycles. The quantitative estimate of drug-likeness (QED) is 0.627. The summed E-state index contributed by atoms with van der Waals surface area (Å²) in [6.07, 6.45) is 0.782. The van der Waals surface area contributed by atoms with Crippen LogP contribution in [0.25, 0.3) is 11.3 Å². The second-order valence-corrected chi connectivity index (χ2v) is 8.05. The maximum Gasteiger partial charge on any atom is 0.257 e. The van der Waals surface area contributed by atoms with Gasteiger partial charge in [-0.1, -0.05) is 36.4 Å². The highest BCUT2D eigenvalue weighted by Crippen LogP contribution is 2.25. The summed E-state index contributed by atoms with van der Waals surface area (Å²) in [7, 11) is 0. The molecule has 0 aliphatic heterocycles. The summed E-state index contributed by atoms with van der Waals surface area (Å²) < 4.78 is 5.76. The van der Waals surface area contributed by atoms with Gasteiger partial charge in [0.2, 0.25) is 0 Å². The number of carbonyl (C=O) groups is 1. The van der Waals surface area contributed by atoms with Crippen LogP contribution in [0, 0.1) is 27.7 Å². The van der Waals surface area contributed by atoms with Gasteiger partial charge < -0.3 is 10.1 Å². The Labute approximate surface area is 170 Å². The van der Waals surface area contributed by atoms with Crippen molar-refractivity contribution in [3.63, 3.8) is 0 Å². The lowest BCUT2D eigenvalue weighted by Crippen LogP contribution is -2.30. The second-order valence-electron chi connectivity index (χ2n) is 6.99. The highest BCUT2D eigenvalue weighted by molar-refractivity contribution is 7.09. The summed E-state index contributed by atoms with van der Waals surface area (Å²) in [6, 6.07) is 12.4. The van der Waals surface area contributed by atoms with Crippen LogP contribution in [0.5, 0.6) is 5.75 Å². The monoisotopic (exact) mass is 394 g/mol. The van der Waals surface area contributed by atoms with Gasteiger partial charge in [0, 0.05) is 17.5 Å². The molecule has 0 saturated heterocycles. The molecule has 0 spiro atoms. The van der Waals surface area contributed by atoms with Crippen LogP contribution in [-0.2, 0) is 11.2 Å². The standard InChI is InChI=1S/C23H26N2O2S/c1-15-5-6-16(2)23(17(15)3)27-13-22(26)24-12-11-19-7-9-20(10-8-19)21-14-28-18(4)25-21/h5-10,14H,11-13H2,1-4H3,(H,24,26). The number of thiazole rings is 1. The first-order chi connectivity index (χ1) is 13.4. The van der Waals surface area contributed by atoms with Crippen LogP contribution in [0.1, 0.15) is 27.3 Å². The molecule has 5 heteroatoms. The minimum Gasteiger partial charge on any atom is -0.483 e. The molecule has 4 nitrogen and oxygen atoms in total. The molecule has 3 aromatic rings. The topological polar surface area (TPSA) is 51.2 Å². The summed E-state index contributed by atoms with van der Waals surface area (Å²) >= 11 is 1.66. The summed E-state index contributed by atoms with van der Waals surface area (Å²) in [5.41, 5.74) is 6.62. The van der Waals surface area contributed by atoms with Gasteiger partial charge in [0.15, 0.2) is 6.61 Å². The van der Waals surface area contributed by atoms with Crippen LogP contribution in [0.3, 0.4) is 0 Å². The third-order valence-corrected chi connectivity index (χ3v) is 5.60. The van der Waals surface area contributed by atoms with Crippen molar-refractivity contribution in [3.8, 4) is 17.0 Å². The Morgan fingerprint density at radius 3 is 2.43 bits per heavy atom. The maximum atomic E-state index is 12.1. The molecular formula is C23H26N2O2S. The molecule has 0 bridgehead atoms. The lowest BCUT2D eigenvalue weighted by molar-refractivity contribution is -0.123. The van der Waals surface area contributed by atoms with Crippen LogP contribution >= 0.6 is 11.3 Å². The number of nitrogens with zero attached hydrogens (tertiary/aromatic N) is 1. The van der Waals surface area contributed by atoms with Crippen LogP contribution in [0.4, 0.5) is 0 Å². The van der Waals surface area contributed by atoms with E-state index in [1.807, 2.05) is 33.8 Å². The molecule has 146 valence electrons. The molecule has 0 radical (unpaired) electrons. The van der Waals surface area contributed by atoms with E-state index in [1.165, 1.54) is 5.56 Å². The molecule has 0 saturated carbocycles. The Bertz CT molecular complexity index is 961. The first kappa shape index (κ1) is 20.1. The van der Waals surface area contributed by atoms with Gasteiger partial charge in [-0.3, -0.25) is 4.79 Å². The number of carbonyl (C=O) groups excluding carboxylic acids is 1. The van der Waals surface area contributed by atoms with E-state index in [-0.39, 0.29) is 12.5 Å². The van der Waals surface area contributed by atoms with Gasteiger partial charge in [-0.05, 0) is 56.4 Å². The Balaban J connectivity index is 1.46. The number of hydrogen-bond donors (Lipinski definition) is 1. The van der Waals surface area contributed by atoms with Crippen LogP contribution in [0.15, 0.2) is 41.8 Å². The Morgan fingerprint density at radius 2 is 1.75 bits per heavy atom. The highest BCUT2D eigenvalue weighted by Gasteiger charge is 2.09. The first-order valence-electron chi connectivity index (χ1n) is 9.42. The molecule has 0 fully saturated rings. The van der Waals surface area contributed by atoms with E-state index in [9.17, 15) is 4.79 Å². The zero-order valence-corrected chi connectivity index (χ0v) is 17.7. The Hall–Kier alpha value is -2.66. The Kier molecular flexibility index (Phi) is 6.47. The van der Waals surface area contributed by atoms with Gasteiger partial charge >= 0.3 is 0 Å². The molecule has 1 amide bonds. The summed E-state index contributed by atoms with van der Waals surface area (Å²) in [5.74, 6) is 0.706. The fourth-order valence-corrected chi connectivity index (χ4v) is 3.64. The Morgan fingerprint density at radius 1 is 1.04 bits per heavy atom. The number of rotatable bonds is 7. The average Bonchev–Trinajstić information content (AvgIpc) is 3.12. The largest absolute Gasteiger partial charge is 0.483 e. The van der Waals surface area contributed by atoms with Crippen LogP contribution in [0.2, 0.25) is 0 Å². The normalized spacial score (nSPS) is 10.7. The number of aromatic nitrogens is 1. The number of ether oxygens (including phenoxy) is 1. The van der Waals surface area contributed by atoms with E-state index in [0.717, 1.165) is 45.1 Å². The van der Waals surface area contributed by atoms with Gasteiger partial charge in [-0.2, -0.15) is 0 Å². The van der Waals surface area contributed by atoms with E-state index < -0.39 is 0 Å². The van der Waals surface area contributed by atoms with E-state index in [2.05, 4.69) is 46.0 Å². The van der Waals surface area contributed by atoms with E-state index in [4.69, 9.17) is 4.74 Å². The zero-order chi connectivity index (χ0) is 20.1. The van der Waals surface area contributed by atoms with E-state index >= 15 is 0 Å². The van der Waals surface area contributed by atoms with Gasteiger partial charge in [-0.15, -0.1) is 11.3 Å². The minimum atomic E-state index is -0.102. The van der Waals surface area contributed by atoms with Crippen LogP contribution < -0.4 is 10.1 Å². The smallest absolute Gasteiger partial charge is 0.257 e. The van der Waals surface area contributed by atoms with Crippen molar-refractivity contribution in [1.82, 2.24) is 10.3 Å². The molecule has 0 atom stereocenters. The van der Waals surface area contributed by atoms with Crippen molar-refractivity contribution >= 4 is 17.2 Å². The second kappa shape index (κ2) is 9.02. The van der Waals surface area contributed by atoms with E-state index in [0.29, 0.717) is 6.54 Å². The lowest BCUT2D eigenvalue weighted by atomic mass is 10.1. The highest BCUT2D eigenvalue weighted by atomic mass is 32.1. The fourth-order valence-electron chi connectivity index (χ4n) is 3.02. The SMILES string of the molecule is Cc1nc(-c2ccc(CCNC(=O)COc3c(C)ccc(C)c3C)cc2)cs1. The van der Waals surface area contributed by atoms with Gasteiger partial charge in [0.05, 0.1) is 10.7 Å². The van der Waals surface area contributed by atoms with Crippen molar-refractivity contribution in [3.05, 3.63) is 69.0 Å². The van der Waals surface area contributed by atoms with E-state index in [1.54, 1.807) is 11.3 Å². The van der Waals surface area contributed by atoms with Crippen molar-refractivity contribution in [2.24, 2.45) is 0 Å². The predicted molar refractivity (Wildman–Crippen MR) is 115 cm³/mol. The molecule has 3 rings (SSSR count). The summed E-state index contributed by atoms with van der Waals surface area (Å²) in [6.45, 7) is 8.69. The molecule has 2 aromatic carbocycles. The van der Waals surface area contributed by atoms with Crippen LogP contribution in [-0.4, -0.2) is 24.0 Å². The zero-order valence-electron chi connectivity index (χ0n) is 16.8. The van der Waals surface area contributed by atoms with Crippen molar-refractivity contribution < 1.29 is 9.53 Å². The number of amides is 1. The molecular weight excluding hydrogens is 368 g/mol. The van der Waals surface area contributed by atoms with Crippen molar-refractivity contribution in [1.29, 1.82) is 0 Å². The first-order valence-corrected chi connectivity index (χ1v) is 10.3. The number of benzene rings is 2. The van der Waals surface area contributed by atoms with Crippen molar-refractivity contribution in [2.45, 2.75) is 34.1 Å². The third-order valence-electron chi connectivity index (χ3n) is 4.83. The lowest BCUT2D eigenvalue weighted by Gasteiger charge is -2.14.